The van der Waals surface area contributed by atoms with Crippen LogP contribution in [0.3, 0.4) is 0 Å². The Labute approximate surface area is 172 Å². The molecule has 0 unspecified atom stereocenters. The lowest BCUT2D eigenvalue weighted by molar-refractivity contribution is -0.116. The van der Waals surface area contributed by atoms with E-state index in [-0.39, 0.29) is 30.1 Å². The Kier molecular flexibility index (Phi) is 5.25. The predicted molar refractivity (Wildman–Crippen MR) is 112 cm³/mol. The van der Waals surface area contributed by atoms with Crippen LogP contribution in [-0.4, -0.2) is 35.5 Å². The van der Waals surface area contributed by atoms with Crippen molar-refractivity contribution in [1.82, 2.24) is 29.6 Å². The molecule has 0 aliphatic rings. The number of hydrogen-bond acceptors (Lipinski definition) is 5. The van der Waals surface area contributed by atoms with Gasteiger partial charge in [-0.3, -0.25) is 14.3 Å². The fourth-order valence-electron chi connectivity index (χ4n) is 3.16. The minimum atomic E-state index is -0.292. The third-order valence-electron chi connectivity index (χ3n) is 4.84. The van der Waals surface area contributed by atoms with Crippen molar-refractivity contribution in [3.8, 4) is 17.1 Å². The van der Waals surface area contributed by atoms with Crippen LogP contribution in [0.2, 0.25) is 0 Å². The maximum atomic E-state index is 12.9. The van der Waals surface area contributed by atoms with Gasteiger partial charge in [-0.15, -0.1) is 10.2 Å². The van der Waals surface area contributed by atoms with Gasteiger partial charge < -0.3 is 5.32 Å². The van der Waals surface area contributed by atoms with E-state index in [4.69, 9.17) is 0 Å². The zero-order chi connectivity index (χ0) is 21.1. The molecular formula is C21H21N7O2. The number of nitrogens with one attached hydrogen (secondary N) is 1. The quantitative estimate of drug-likeness (QED) is 0.532. The van der Waals surface area contributed by atoms with Gasteiger partial charge in [0, 0.05) is 19.0 Å². The Balaban J connectivity index is 1.45. The minimum Gasteiger partial charge on any atom is -0.320 e. The molecule has 0 aliphatic carbocycles. The van der Waals surface area contributed by atoms with Crippen LogP contribution >= 0.6 is 0 Å². The molecule has 2 aromatic heterocycles. The number of para-hydroxylation sites is 1. The van der Waals surface area contributed by atoms with E-state index >= 15 is 0 Å². The zero-order valence-corrected chi connectivity index (χ0v) is 16.7. The average molecular weight is 403 g/mol. The summed E-state index contributed by atoms with van der Waals surface area (Å²) in [5.41, 5.74) is 2.24. The number of aromatic nitrogens is 6. The number of benzene rings is 2. The fraction of sp³-hybridized carbons (Fsp3) is 0.190. The first-order valence-electron chi connectivity index (χ1n) is 9.51. The van der Waals surface area contributed by atoms with E-state index in [1.54, 1.807) is 18.7 Å². The van der Waals surface area contributed by atoms with E-state index in [1.807, 2.05) is 60.7 Å². The third-order valence-corrected chi connectivity index (χ3v) is 4.84. The van der Waals surface area contributed by atoms with Crippen molar-refractivity contribution in [2.75, 3.05) is 5.32 Å². The van der Waals surface area contributed by atoms with Crippen LogP contribution in [-0.2, 0) is 18.4 Å². The molecular weight excluding hydrogens is 382 g/mol. The van der Waals surface area contributed by atoms with Crippen molar-refractivity contribution < 1.29 is 4.79 Å². The second-order valence-electron chi connectivity index (χ2n) is 6.81. The summed E-state index contributed by atoms with van der Waals surface area (Å²) in [6.07, 6.45) is 0.115. The molecule has 2 aromatic carbocycles. The molecule has 1 amide bonds. The number of carbonyl (C=O) groups is 1. The Morgan fingerprint density at radius 2 is 1.70 bits per heavy atom. The highest BCUT2D eigenvalue weighted by Gasteiger charge is 2.18. The highest BCUT2D eigenvalue weighted by molar-refractivity contribution is 5.91. The monoisotopic (exact) mass is 403 g/mol. The van der Waals surface area contributed by atoms with Gasteiger partial charge in [0.2, 0.25) is 11.7 Å². The van der Waals surface area contributed by atoms with E-state index in [1.165, 1.54) is 9.48 Å². The number of nitrogens with zero attached hydrogens (tertiary/aromatic N) is 6. The Hall–Kier alpha value is -4.01. The SMILES string of the molecule is Cc1c(NC(=O)CCn2nnc(-c3ccccc3)n2)c(=O)n(-c2ccccc2)n1C. The van der Waals surface area contributed by atoms with Gasteiger partial charge in [0.25, 0.3) is 5.56 Å². The van der Waals surface area contributed by atoms with Gasteiger partial charge in [-0.2, -0.15) is 4.80 Å². The number of hydrogen-bond donors (Lipinski definition) is 1. The second-order valence-corrected chi connectivity index (χ2v) is 6.81. The lowest BCUT2D eigenvalue weighted by Gasteiger charge is -2.07. The standard InChI is InChI=1S/C21H21N7O2/c1-15-19(21(30)28(26(15)2)17-11-7-4-8-12-17)22-18(29)13-14-27-24-20(23-25-27)16-9-5-3-6-10-16/h3-12H,13-14H2,1-2H3,(H,22,29). The van der Waals surface area contributed by atoms with Gasteiger partial charge in [0.05, 0.1) is 17.9 Å². The zero-order valence-electron chi connectivity index (χ0n) is 16.7. The lowest BCUT2D eigenvalue weighted by atomic mass is 10.2. The Morgan fingerprint density at radius 1 is 1.03 bits per heavy atom. The van der Waals surface area contributed by atoms with Crippen molar-refractivity contribution in [3.05, 3.63) is 76.7 Å². The van der Waals surface area contributed by atoms with E-state index in [2.05, 4.69) is 20.7 Å². The molecule has 9 heteroatoms. The molecule has 0 spiro atoms. The van der Waals surface area contributed by atoms with Crippen LogP contribution < -0.4 is 10.9 Å². The topological polar surface area (TPSA) is 99.6 Å². The molecule has 30 heavy (non-hydrogen) atoms. The highest BCUT2D eigenvalue weighted by Crippen LogP contribution is 2.15. The molecule has 0 aliphatic heterocycles. The van der Waals surface area contributed by atoms with Crippen molar-refractivity contribution in [2.24, 2.45) is 7.05 Å². The highest BCUT2D eigenvalue weighted by atomic mass is 16.2. The number of tetrazole rings is 1. The first-order valence-corrected chi connectivity index (χ1v) is 9.51. The molecule has 152 valence electrons. The largest absolute Gasteiger partial charge is 0.320 e. The maximum absolute atomic E-state index is 12.9. The fourth-order valence-corrected chi connectivity index (χ4v) is 3.16. The van der Waals surface area contributed by atoms with E-state index in [9.17, 15) is 9.59 Å². The number of rotatable bonds is 6. The van der Waals surface area contributed by atoms with Crippen molar-refractivity contribution in [2.45, 2.75) is 19.9 Å². The first-order chi connectivity index (χ1) is 14.5. The Bertz CT molecular complexity index is 1220. The number of amides is 1. The third kappa shape index (κ3) is 3.77. The second kappa shape index (κ2) is 8.16. The van der Waals surface area contributed by atoms with Crippen molar-refractivity contribution >= 4 is 11.6 Å². The molecule has 1 N–H and O–H groups in total. The van der Waals surface area contributed by atoms with Gasteiger partial charge in [0.15, 0.2) is 0 Å². The smallest absolute Gasteiger partial charge is 0.295 e. The van der Waals surface area contributed by atoms with Crippen LogP contribution in [0.1, 0.15) is 12.1 Å². The number of carbonyl (C=O) groups excluding carboxylic acids is 1. The summed E-state index contributed by atoms with van der Waals surface area (Å²) in [5.74, 6) is 0.209. The van der Waals surface area contributed by atoms with Gasteiger partial charge in [-0.25, -0.2) is 4.68 Å². The molecule has 4 aromatic rings. The molecule has 0 bridgehead atoms. The molecule has 0 radical (unpaired) electrons. The molecule has 4 rings (SSSR count). The summed E-state index contributed by atoms with van der Waals surface area (Å²) in [6, 6.07) is 18.8. The molecule has 0 saturated heterocycles. The summed E-state index contributed by atoms with van der Waals surface area (Å²) in [6.45, 7) is 2.05. The summed E-state index contributed by atoms with van der Waals surface area (Å²) < 4.78 is 3.24. The van der Waals surface area contributed by atoms with Gasteiger partial charge >= 0.3 is 0 Å². The first kappa shape index (κ1) is 19.3. The van der Waals surface area contributed by atoms with E-state index in [0.717, 1.165) is 11.3 Å². The molecule has 0 saturated carbocycles. The minimum absolute atomic E-state index is 0.115. The molecule has 2 heterocycles. The normalized spacial score (nSPS) is 10.9. The molecule has 0 fully saturated rings. The number of anilines is 1. The van der Waals surface area contributed by atoms with E-state index in [0.29, 0.717) is 11.5 Å². The van der Waals surface area contributed by atoms with Crippen LogP contribution in [0.15, 0.2) is 65.5 Å². The van der Waals surface area contributed by atoms with Gasteiger partial charge in [0.1, 0.15) is 5.69 Å². The molecule has 0 atom stereocenters. The van der Waals surface area contributed by atoms with Gasteiger partial charge in [-0.05, 0) is 24.3 Å². The predicted octanol–water partition coefficient (Wildman–Crippen LogP) is 2.17. The van der Waals surface area contributed by atoms with Crippen LogP contribution in [0, 0.1) is 6.92 Å². The summed E-state index contributed by atoms with van der Waals surface area (Å²) in [5, 5.41) is 15.0. The summed E-state index contributed by atoms with van der Waals surface area (Å²) in [4.78, 5) is 26.7. The van der Waals surface area contributed by atoms with Crippen LogP contribution in [0.4, 0.5) is 5.69 Å². The van der Waals surface area contributed by atoms with Gasteiger partial charge in [-0.1, -0.05) is 48.5 Å². The van der Waals surface area contributed by atoms with Crippen molar-refractivity contribution in [3.63, 3.8) is 0 Å². The maximum Gasteiger partial charge on any atom is 0.295 e. The Morgan fingerprint density at radius 3 is 2.40 bits per heavy atom. The summed E-state index contributed by atoms with van der Waals surface area (Å²) in [7, 11) is 1.78. The number of aryl methyl sites for hydroxylation is 1. The lowest BCUT2D eigenvalue weighted by Crippen LogP contribution is -2.23. The van der Waals surface area contributed by atoms with Crippen LogP contribution in [0.25, 0.3) is 17.1 Å². The van der Waals surface area contributed by atoms with Crippen molar-refractivity contribution in [1.29, 1.82) is 0 Å². The average Bonchev–Trinajstić information content (AvgIpc) is 3.33. The van der Waals surface area contributed by atoms with E-state index < -0.39 is 0 Å². The summed E-state index contributed by atoms with van der Waals surface area (Å²) >= 11 is 0. The van der Waals surface area contributed by atoms with Crippen LogP contribution in [0.5, 0.6) is 0 Å². The molecule has 9 nitrogen and oxygen atoms in total.